The number of hydrogen-bond donors (Lipinski definition) is 1. The fraction of sp³-hybridized carbons (Fsp3) is 0.143. The molecule has 30 heavy (non-hydrogen) atoms. The second-order valence-electron chi connectivity index (χ2n) is 7.02. The van der Waals surface area contributed by atoms with Crippen molar-refractivity contribution < 1.29 is 13.6 Å². The van der Waals surface area contributed by atoms with Crippen LogP contribution in [0.2, 0.25) is 0 Å². The minimum absolute atomic E-state index is 0.0965. The van der Waals surface area contributed by atoms with Crippen LogP contribution in [0.1, 0.15) is 35.0 Å². The summed E-state index contributed by atoms with van der Waals surface area (Å²) in [6, 6.07) is 6.31. The van der Waals surface area contributed by atoms with Gasteiger partial charge >= 0.3 is 0 Å². The van der Waals surface area contributed by atoms with E-state index < -0.39 is 17.2 Å². The van der Waals surface area contributed by atoms with E-state index in [1.165, 1.54) is 31.1 Å². The molecule has 0 radical (unpaired) electrons. The maximum Gasteiger partial charge on any atom is 0.276 e. The molecule has 3 aromatic heterocycles. The van der Waals surface area contributed by atoms with Crippen LogP contribution in [-0.4, -0.2) is 26.2 Å². The molecular formula is C21H16FN5O3. The molecule has 3 heterocycles. The van der Waals surface area contributed by atoms with Crippen LogP contribution in [0.5, 0.6) is 0 Å². The summed E-state index contributed by atoms with van der Waals surface area (Å²) < 4.78 is 23.3. The average molecular weight is 405 g/mol. The number of halogens is 1. The fourth-order valence-electron chi connectivity index (χ4n) is 3.35. The standard InChI is InChI=1S/C21H16FN5O3/c22-17-8-15-18(9-19(17)26-6-5-23-12-26)27(13-3-4-13)11-16(20(15)28)21(29)25-24-10-14-2-1-7-30-14/h1-2,5-13H,3-4H2,(H,25,29)/b24-10-. The van der Waals surface area contributed by atoms with E-state index in [4.69, 9.17) is 4.42 Å². The monoisotopic (exact) mass is 405 g/mol. The lowest BCUT2D eigenvalue weighted by molar-refractivity contribution is 0.0953. The van der Waals surface area contributed by atoms with E-state index in [0.29, 0.717) is 11.3 Å². The van der Waals surface area contributed by atoms with E-state index in [9.17, 15) is 14.0 Å². The molecule has 1 aromatic carbocycles. The summed E-state index contributed by atoms with van der Waals surface area (Å²) in [6.45, 7) is 0. The summed E-state index contributed by atoms with van der Waals surface area (Å²) in [5, 5.41) is 3.96. The molecule has 9 heteroatoms. The normalized spacial score (nSPS) is 13.9. The minimum Gasteiger partial charge on any atom is -0.463 e. The molecule has 0 bridgehead atoms. The van der Waals surface area contributed by atoms with Crippen LogP contribution in [0, 0.1) is 5.82 Å². The second-order valence-corrected chi connectivity index (χ2v) is 7.02. The van der Waals surface area contributed by atoms with Crippen molar-refractivity contribution in [1.82, 2.24) is 19.5 Å². The third-order valence-corrected chi connectivity index (χ3v) is 4.97. The van der Waals surface area contributed by atoms with Gasteiger partial charge in [0, 0.05) is 30.0 Å². The third kappa shape index (κ3) is 3.20. The number of hydrogen-bond acceptors (Lipinski definition) is 5. The van der Waals surface area contributed by atoms with Gasteiger partial charge in [-0.1, -0.05) is 0 Å². The summed E-state index contributed by atoms with van der Waals surface area (Å²) in [5.41, 5.74) is 2.54. The van der Waals surface area contributed by atoms with Crippen molar-refractivity contribution in [1.29, 1.82) is 0 Å². The molecular weight excluding hydrogens is 389 g/mol. The van der Waals surface area contributed by atoms with Crippen LogP contribution in [-0.2, 0) is 0 Å². The van der Waals surface area contributed by atoms with Crippen molar-refractivity contribution in [2.45, 2.75) is 18.9 Å². The summed E-state index contributed by atoms with van der Waals surface area (Å²) in [6.07, 6.45) is 10.8. The number of hydrazone groups is 1. The zero-order valence-corrected chi connectivity index (χ0v) is 15.7. The number of carbonyl (C=O) groups excluding carboxylic acids is 1. The molecule has 150 valence electrons. The molecule has 4 aromatic rings. The number of nitrogens with one attached hydrogen (secondary N) is 1. The quantitative estimate of drug-likeness (QED) is 0.408. The van der Waals surface area contributed by atoms with Gasteiger partial charge in [-0.25, -0.2) is 14.8 Å². The number of nitrogens with zero attached hydrogens (tertiary/aromatic N) is 4. The lowest BCUT2D eigenvalue weighted by Crippen LogP contribution is -2.27. The lowest BCUT2D eigenvalue weighted by atomic mass is 10.1. The number of imidazole rings is 1. The second kappa shape index (κ2) is 7.11. The van der Waals surface area contributed by atoms with Gasteiger partial charge in [-0.3, -0.25) is 9.59 Å². The smallest absolute Gasteiger partial charge is 0.276 e. The molecule has 1 aliphatic rings. The highest BCUT2D eigenvalue weighted by Gasteiger charge is 2.27. The first-order valence-electron chi connectivity index (χ1n) is 9.35. The highest BCUT2D eigenvalue weighted by molar-refractivity contribution is 5.98. The van der Waals surface area contributed by atoms with Crippen LogP contribution < -0.4 is 10.9 Å². The first-order chi connectivity index (χ1) is 14.6. The van der Waals surface area contributed by atoms with Crippen molar-refractivity contribution in [3.63, 3.8) is 0 Å². The van der Waals surface area contributed by atoms with Gasteiger partial charge in [0.15, 0.2) is 0 Å². The van der Waals surface area contributed by atoms with Crippen LogP contribution in [0.15, 0.2) is 69.8 Å². The highest BCUT2D eigenvalue weighted by Crippen LogP contribution is 2.37. The van der Waals surface area contributed by atoms with Crippen molar-refractivity contribution in [3.8, 4) is 5.69 Å². The maximum atomic E-state index is 14.8. The van der Waals surface area contributed by atoms with E-state index in [1.54, 1.807) is 35.2 Å². The van der Waals surface area contributed by atoms with E-state index in [2.05, 4.69) is 15.5 Å². The van der Waals surface area contributed by atoms with E-state index in [0.717, 1.165) is 12.8 Å². The number of furan rings is 1. The highest BCUT2D eigenvalue weighted by atomic mass is 19.1. The number of pyridine rings is 1. The van der Waals surface area contributed by atoms with E-state index >= 15 is 0 Å². The summed E-state index contributed by atoms with van der Waals surface area (Å²) >= 11 is 0. The Morgan fingerprint density at radius 2 is 2.23 bits per heavy atom. The average Bonchev–Trinajstić information content (AvgIpc) is 3.20. The Bertz CT molecular complexity index is 1320. The van der Waals surface area contributed by atoms with Gasteiger partial charge in [0.2, 0.25) is 5.43 Å². The van der Waals surface area contributed by atoms with Gasteiger partial charge in [0.25, 0.3) is 5.91 Å². The first kappa shape index (κ1) is 18.0. The SMILES string of the molecule is O=C(N/N=C\c1ccco1)c1cn(C2CC2)c2cc(-n3ccnc3)c(F)cc2c1=O. The molecule has 1 fully saturated rings. The number of benzene rings is 1. The molecule has 5 rings (SSSR count). The Morgan fingerprint density at radius 3 is 2.93 bits per heavy atom. The predicted octanol–water partition coefficient (Wildman–Crippen LogP) is 3.02. The Morgan fingerprint density at radius 1 is 1.37 bits per heavy atom. The van der Waals surface area contributed by atoms with Crippen LogP contribution in [0.3, 0.4) is 0 Å². The predicted molar refractivity (Wildman–Crippen MR) is 107 cm³/mol. The minimum atomic E-state index is -0.668. The Kier molecular flexibility index (Phi) is 4.27. The molecule has 0 unspecified atom stereocenters. The number of rotatable bonds is 5. The Balaban J connectivity index is 1.58. The first-order valence-corrected chi connectivity index (χ1v) is 9.35. The lowest BCUT2D eigenvalue weighted by Gasteiger charge is -2.14. The van der Waals surface area contributed by atoms with Crippen molar-refractivity contribution in [3.05, 3.63) is 82.8 Å². The van der Waals surface area contributed by atoms with Gasteiger partial charge < -0.3 is 13.6 Å². The number of amides is 1. The van der Waals surface area contributed by atoms with Gasteiger partial charge in [0.1, 0.15) is 17.1 Å². The van der Waals surface area contributed by atoms with E-state index in [-0.39, 0.29) is 22.7 Å². The fourth-order valence-corrected chi connectivity index (χ4v) is 3.35. The van der Waals surface area contributed by atoms with Crippen LogP contribution in [0.25, 0.3) is 16.6 Å². The summed E-state index contributed by atoms with van der Waals surface area (Å²) in [7, 11) is 0. The summed E-state index contributed by atoms with van der Waals surface area (Å²) in [4.78, 5) is 29.5. The zero-order valence-electron chi connectivity index (χ0n) is 15.7. The van der Waals surface area contributed by atoms with Gasteiger partial charge in [0.05, 0.1) is 30.0 Å². The van der Waals surface area contributed by atoms with Gasteiger partial charge in [-0.2, -0.15) is 5.10 Å². The molecule has 8 nitrogen and oxygen atoms in total. The van der Waals surface area contributed by atoms with Crippen molar-refractivity contribution >= 4 is 23.0 Å². The molecule has 1 N–H and O–H groups in total. The molecule has 0 spiro atoms. The zero-order chi connectivity index (χ0) is 20.7. The Hall–Kier alpha value is -4.01. The van der Waals surface area contributed by atoms with Gasteiger partial charge in [-0.05, 0) is 37.1 Å². The molecule has 1 saturated carbocycles. The summed E-state index contributed by atoms with van der Waals surface area (Å²) in [5.74, 6) is -0.787. The van der Waals surface area contributed by atoms with Gasteiger partial charge in [-0.15, -0.1) is 0 Å². The Labute approximate surface area is 169 Å². The number of fused-ring (bicyclic) bond motifs is 1. The molecule has 1 aliphatic carbocycles. The largest absolute Gasteiger partial charge is 0.463 e. The molecule has 1 amide bonds. The van der Waals surface area contributed by atoms with Crippen LogP contribution in [0.4, 0.5) is 4.39 Å². The topological polar surface area (TPSA) is 94.4 Å². The maximum absolute atomic E-state index is 14.8. The molecule has 0 atom stereocenters. The number of aromatic nitrogens is 3. The van der Waals surface area contributed by atoms with Crippen molar-refractivity contribution in [2.24, 2.45) is 5.10 Å². The molecule has 0 saturated heterocycles. The van der Waals surface area contributed by atoms with Crippen molar-refractivity contribution in [2.75, 3.05) is 0 Å². The number of carbonyl (C=O) groups is 1. The van der Waals surface area contributed by atoms with Crippen LogP contribution >= 0.6 is 0 Å². The third-order valence-electron chi connectivity index (χ3n) is 4.97. The van der Waals surface area contributed by atoms with E-state index in [1.807, 2.05) is 4.57 Å². The molecule has 0 aliphatic heterocycles.